The monoisotopic (exact) mass is 759 g/mol. The summed E-state index contributed by atoms with van der Waals surface area (Å²) in [5, 5.41) is 0. The summed E-state index contributed by atoms with van der Waals surface area (Å²) < 4.78 is 68.2. The van der Waals surface area contributed by atoms with Gasteiger partial charge in [0.2, 0.25) is 0 Å². The van der Waals surface area contributed by atoms with Crippen LogP contribution in [0.25, 0.3) is 11.8 Å². The number of aliphatic imine (C=N–C) groups is 2. The van der Waals surface area contributed by atoms with Gasteiger partial charge in [0.25, 0.3) is 5.56 Å². The molecule has 0 saturated heterocycles. The Morgan fingerprint density at radius 1 is 1.09 bits per heavy atom. The zero-order valence-corrected chi connectivity index (χ0v) is 32.5. The smallest absolute Gasteiger partial charge is 0.434 e. The van der Waals surface area contributed by atoms with Gasteiger partial charge in [0, 0.05) is 29.3 Å². The molecule has 55 heavy (non-hydrogen) atoms. The Bertz CT molecular complexity index is 2170. The van der Waals surface area contributed by atoms with E-state index in [0.717, 1.165) is 30.9 Å². The van der Waals surface area contributed by atoms with Gasteiger partial charge in [0.1, 0.15) is 11.4 Å². The lowest BCUT2D eigenvalue weighted by Crippen LogP contribution is -2.25. The zero-order valence-electron chi connectivity index (χ0n) is 32.5. The molecule has 5 rings (SSSR count). The molecule has 8 nitrogen and oxygen atoms in total. The van der Waals surface area contributed by atoms with Crippen LogP contribution in [0.3, 0.4) is 0 Å². The molecule has 1 amide bonds. The third kappa shape index (κ3) is 10.1. The van der Waals surface area contributed by atoms with Crippen molar-refractivity contribution in [2.75, 3.05) is 0 Å². The zero-order chi connectivity index (χ0) is 40.1. The molecule has 1 aliphatic carbocycles. The summed E-state index contributed by atoms with van der Waals surface area (Å²) in [6.45, 7) is 12.2. The molecular weight excluding hydrogens is 710 g/mol. The van der Waals surface area contributed by atoms with Crippen LogP contribution in [-0.2, 0) is 17.3 Å². The molecule has 292 valence electrons. The standard InChI is InChI=1S/C43H49F4N5O3/c1-8-11-29-16-18-31(24-32(29)35(12-9-2)50-41(54)55-42(5,6)7)52-37(10-3)33(43(45,46)47)25-39(52)27(4)49-36-23-30(17-19-34(36)44)38(20-15-28-13-14-28)51-22-21-48-26-40(51)53/h8,11,16-19,21-26,28,38H,9-10,12-15,20H2,1-7H3. The fraction of sp³-hybridized carbons (Fsp3) is 0.419. The molecule has 2 aromatic heterocycles. The number of hydrogen-bond donors (Lipinski definition) is 0. The summed E-state index contributed by atoms with van der Waals surface area (Å²) in [6, 6.07) is 10.3. The lowest BCUT2D eigenvalue weighted by molar-refractivity contribution is -0.138. The fourth-order valence-electron chi connectivity index (χ4n) is 6.79. The number of carbonyl (C=O) groups excluding carboxylic acids is 1. The van der Waals surface area contributed by atoms with Crippen LogP contribution in [0.15, 0.2) is 81.9 Å². The van der Waals surface area contributed by atoms with Crippen LogP contribution in [0, 0.1) is 11.7 Å². The maximum absolute atomic E-state index is 15.6. The van der Waals surface area contributed by atoms with Crippen LogP contribution in [0.4, 0.5) is 28.0 Å². The molecule has 2 aromatic carbocycles. The molecule has 12 heteroatoms. The van der Waals surface area contributed by atoms with Crippen LogP contribution < -0.4 is 5.56 Å². The minimum absolute atomic E-state index is 0.00525. The van der Waals surface area contributed by atoms with E-state index in [9.17, 15) is 22.8 Å². The van der Waals surface area contributed by atoms with Crippen molar-refractivity contribution in [1.82, 2.24) is 14.1 Å². The summed E-state index contributed by atoms with van der Waals surface area (Å²) in [4.78, 5) is 38.7. The van der Waals surface area contributed by atoms with Crippen molar-refractivity contribution in [1.29, 1.82) is 0 Å². The highest BCUT2D eigenvalue weighted by Gasteiger charge is 2.37. The van der Waals surface area contributed by atoms with Crippen molar-refractivity contribution in [2.45, 2.75) is 111 Å². The Labute approximate surface area is 319 Å². The van der Waals surface area contributed by atoms with Gasteiger partial charge in [0.15, 0.2) is 0 Å². The second-order valence-electron chi connectivity index (χ2n) is 14.9. The van der Waals surface area contributed by atoms with Crippen molar-refractivity contribution >= 4 is 29.3 Å². The van der Waals surface area contributed by atoms with Gasteiger partial charge in [-0.3, -0.25) is 9.78 Å². The number of amides is 1. The largest absolute Gasteiger partial charge is 0.442 e. The van der Waals surface area contributed by atoms with Crippen LogP contribution >= 0.6 is 0 Å². The second-order valence-corrected chi connectivity index (χ2v) is 14.9. The number of alkyl halides is 3. The summed E-state index contributed by atoms with van der Waals surface area (Å²) in [7, 11) is 0. The molecule has 0 spiro atoms. The quantitative estimate of drug-likeness (QED) is 0.100. The van der Waals surface area contributed by atoms with Crippen LogP contribution in [-0.4, -0.2) is 37.2 Å². The third-order valence-electron chi connectivity index (χ3n) is 9.45. The minimum Gasteiger partial charge on any atom is -0.442 e. The van der Waals surface area contributed by atoms with Crippen molar-refractivity contribution in [3.05, 3.63) is 117 Å². The molecule has 0 bridgehead atoms. The van der Waals surface area contributed by atoms with Gasteiger partial charge < -0.3 is 13.9 Å². The molecule has 1 unspecified atom stereocenters. The highest BCUT2D eigenvalue weighted by Crippen LogP contribution is 2.39. The summed E-state index contributed by atoms with van der Waals surface area (Å²) in [6.07, 6.45) is 7.45. The first-order chi connectivity index (χ1) is 26.0. The van der Waals surface area contributed by atoms with E-state index >= 15 is 4.39 Å². The Balaban J connectivity index is 1.68. The average Bonchev–Trinajstić information content (AvgIpc) is 3.85. The maximum Gasteiger partial charge on any atom is 0.434 e. The van der Waals surface area contributed by atoms with Gasteiger partial charge in [-0.15, -0.1) is 0 Å². The van der Waals surface area contributed by atoms with Gasteiger partial charge >= 0.3 is 12.3 Å². The van der Waals surface area contributed by atoms with Crippen molar-refractivity contribution in [3.63, 3.8) is 0 Å². The van der Waals surface area contributed by atoms with Gasteiger partial charge in [-0.25, -0.2) is 14.2 Å². The number of halogens is 4. The van der Waals surface area contributed by atoms with E-state index in [2.05, 4.69) is 15.0 Å². The van der Waals surface area contributed by atoms with Crippen LogP contribution in [0.5, 0.6) is 0 Å². The summed E-state index contributed by atoms with van der Waals surface area (Å²) in [5.41, 5.74) is 1.05. The van der Waals surface area contributed by atoms with E-state index in [1.54, 1.807) is 75.7 Å². The van der Waals surface area contributed by atoms with Gasteiger partial charge in [-0.05, 0) is 108 Å². The number of allylic oxidation sites excluding steroid dienone is 1. The van der Waals surface area contributed by atoms with Gasteiger partial charge in [-0.1, -0.05) is 57.4 Å². The van der Waals surface area contributed by atoms with E-state index in [1.165, 1.54) is 23.0 Å². The van der Waals surface area contributed by atoms with E-state index in [0.29, 0.717) is 47.7 Å². The van der Waals surface area contributed by atoms with Crippen molar-refractivity contribution in [3.8, 4) is 5.69 Å². The first-order valence-corrected chi connectivity index (χ1v) is 18.8. The lowest BCUT2D eigenvalue weighted by Gasteiger charge is -2.21. The first-order valence-electron chi connectivity index (χ1n) is 18.8. The summed E-state index contributed by atoms with van der Waals surface area (Å²) >= 11 is 0. The van der Waals surface area contributed by atoms with E-state index in [-0.39, 0.29) is 34.8 Å². The number of rotatable bonds is 13. The van der Waals surface area contributed by atoms with Crippen LogP contribution in [0.1, 0.15) is 127 Å². The second kappa shape index (κ2) is 17.1. The molecule has 4 aromatic rings. The van der Waals surface area contributed by atoms with Crippen molar-refractivity contribution < 1.29 is 27.1 Å². The number of nitrogens with zero attached hydrogens (tertiary/aromatic N) is 5. The SMILES string of the molecule is CC=Cc1ccc(-n2c(C(C)=Nc3cc(C(CCC4CC4)n4ccncc4=O)ccc3F)cc(C(F)(F)F)c2CC)cc1C(CCC)=NC(=O)OC(C)(C)C. The normalized spacial score (nSPS) is 14.8. The molecule has 0 radical (unpaired) electrons. The number of carbonyl (C=O) groups is 1. The molecule has 1 fully saturated rings. The molecule has 2 heterocycles. The number of ether oxygens (including phenoxy) is 1. The fourth-order valence-corrected chi connectivity index (χ4v) is 6.79. The van der Waals surface area contributed by atoms with Crippen LogP contribution in [0.2, 0.25) is 0 Å². The Morgan fingerprint density at radius 2 is 1.84 bits per heavy atom. The minimum atomic E-state index is -4.69. The van der Waals surface area contributed by atoms with E-state index in [1.807, 2.05) is 26.0 Å². The van der Waals surface area contributed by atoms with Gasteiger partial charge in [0.05, 0.1) is 40.6 Å². The molecule has 0 aliphatic heterocycles. The van der Waals surface area contributed by atoms with E-state index in [4.69, 9.17) is 4.74 Å². The Morgan fingerprint density at radius 3 is 2.45 bits per heavy atom. The summed E-state index contributed by atoms with van der Waals surface area (Å²) in [5.74, 6) is -0.0747. The lowest BCUT2D eigenvalue weighted by atomic mass is 9.98. The molecule has 1 aliphatic rings. The third-order valence-corrected chi connectivity index (χ3v) is 9.45. The molecular formula is C43H49F4N5O3. The number of hydrogen-bond acceptors (Lipinski definition) is 5. The Kier molecular flexibility index (Phi) is 12.8. The highest BCUT2D eigenvalue weighted by molar-refractivity contribution is 6.08. The average molecular weight is 760 g/mol. The first kappa shape index (κ1) is 41.0. The van der Waals surface area contributed by atoms with Crippen molar-refractivity contribution in [2.24, 2.45) is 15.9 Å². The molecule has 1 atom stereocenters. The topological polar surface area (TPSA) is 90.8 Å². The Hall–Kier alpha value is -5.13. The van der Waals surface area contributed by atoms with E-state index < -0.39 is 35.3 Å². The number of aromatic nitrogens is 3. The molecule has 1 saturated carbocycles. The predicted octanol–water partition coefficient (Wildman–Crippen LogP) is 11.2. The maximum atomic E-state index is 15.6. The molecule has 0 N–H and O–H groups in total. The predicted molar refractivity (Wildman–Crippen MR) is 209 cm³/mol. The number of benzene rings is 2. The van der Waals surface area contributed by atoms with Gasteiger partial charge in [-0.2, -0.15) is 18.2 Å². The highest BCUT2D eigenvalue weighted by atomic mass is 19.4.